The van der Waals surface area contributed by atoms with Gasteiger partial charge in [0.2, 0.25) is 10.3 Å². The lowest BCUT2D eigenvalue weighted by Crippen LogP contribution is -2.35. The quantitative estimate of drug-likeness (QED) is 0.254. The van der Waals surface area contributed by atoms with Gasteiger partial charge in [-0.25, -0.2) is 4.99 Å². The predicted molar refractivity (Wildman–Crippen MR) is 100 cm³/mol. The molecule has 2 aromatic rings. The third-order valence-corrected chi connectivity index (χ3v) is 4.64. The number of carbonyl (C=O) groups is 1. The number of nitrogens with zero attached hydrogens (tertiary/aromatic N) is 3. The fourth-order valence-electron chi connectivity index (χ4n) is 2.66. The second-order valence-electron chi connectivity index (χ2n) is 5.65. The van der Waals surface area contributed by atoms with Crippen LogP contribution in [0.25, 0.3) is 11.1 Å². The summed E-state index contributed by atoms with van der Waals surface area (Å²) in [5, 5.41) is 11.1. The van der Waals surface area contributed by atoms with E-state index in [2.05, 4.69) is 25.9 Å². The van der Waals surface area contributed by atoms with Crippen molar-refractivity contribution in [2.45, 2.75) is 17.8 Å². The molecular formula is C18H14BrN3O3. The molecule has 25 heavy (non-hydrogen) atoms. The van der Waals surface area contributed by atoms with Crippen LogP contribution in [0.1, 0.15) is 23.7 Å². The van der Waals surface area contributed by atoms with Crippen molar-refractivity contribution in [1.82, 2.24) is 0 Å². The summed E-state index contributed by atoms with van der Waals surface area (Å²) in [5.74, 6) is -0.334. The number of carbonyl (C=O) groups excluding carboxylic acids is 1. The summed E-state index contributed by atoms with van der Waals surface area (Å²) in [6.07, 6.45) is -0.172. The normalized spacial score (nSPS) is 19.3. The van der Waals surface area contributed by atoms with Gasteiger partial charge in [-0.15, -0.1) is 0 Å². The number of halogens is 1. The van der Waals surface area contributed by atoms with Gasteiger partial charge < -0.3 is 10.1 Å². The number of hydrogen-bond acceptors (Lipinski definition) is 5. The molecule has 0 spiro atoms. The van der Waals surface area contributed by atoms with Gasteiger partial charge in [0.25, 0.3) is 0 Å². The SMILES string of the molecule is CC1=NC(Br)(CC(=O)c2ccc(-c3ccccc3)cc2)C([N+](=O)[O-])=N1. The molecule has 1 heterocycles. The van der Waals surface area contributed by atoms with Gasteiger partial charge in [-0.05, 0) is 37.0 Å². The molecule has 0 aromatic heterocycles. The van der Waals surface area contributed by atoms with Crippen LogP contribution in [0.2, 0.25) is 0 Å². The van der Waals surface area contributed by atoms with E-state index in [0.717, 1.165) is 11.1 Å². The Balaban J connectivity index is 1.80. The van der Waals surface area contributed by atoms with Crippen LogP contribution in [-0.2, 0) is 0 Å². The zero-order valence-electron chi connectivity index (χ0n) is 13.3. The first-order chi connectivity index (χ1) is 11.9. The highest BCUT2D eigenvalue weighted by molar-refractivity contribution is 9.10. The van der Waals surface area contributed by atoms with Gasteiger partial charge in [-0.2, -0.15) is 0 Å². The number of nitro groups is 1. The molecule has 0 saturated carbocycles. The third-order valence-electron chi connectivity index (χ3n) is 3.83. The van der Waals surface area contributed by atoms with Crippen molar-refractivity contribution in [3.63, 3.8) is 0 Å². The number of rotatable bonds is 4. The third kappa shape index (κ3) is 3.56. The van der Waals surface area contributed by atoms with Crippen LogP contribution < -0.4 is 0 Å². The van der Waals surface area contributed by atoms with Crippen LogP contribution in [0.15, 0.2) is 64.6 Å². The molecule has 0 aliphatic carbocycles. The highest BCUT2D eigenvalue weighted by atomic mass is 79.9. The second kappa shape index (κ2) is 6.68. The summed E-state index contributed by atoms with van der Waals surface area (Å²) in [7, 11) is 0. The topological polar surface area (TPSA) is 84.9 Å². The molecule has 1 aliphatic heterocycles. The summed E-state index contributed by atoms with van der Waals surface area (Å²) in [6, 6.07) is 17.0. The molecule has 0 fully saturated rings. The molecule has 0 saturated heterocycles. The minimum absolute atomic E-state index is 0.172. The van der Waals surface area contributed by atoms with Gasteiger partial charge in [0.05, 0.1) is 6.42 Å². The highest BCUT2D eigenvalue weighted by Crippen LogP contribution is 2.33. The molecule has 0 N–H and O–H groups in total. The predicted octanol–water partition coefficient (Wildman–Crippen LogP) is 4.12. The van der Waals surface area contributed by atoms with Gasteiger partial charge >= 0.3 is 5.84 Å². The van der Waals surface area contributed by atoms with Crippen LogP contribution >= 0.6 is 15.9 Å². The average molecular weight is 400 g/mol. The average Bonchev–Trinajstić information content (AvgIpc) is 2.90. The van der Waals surface area contributed by atoms with Gasteiger partial charge in [0, 0.05) is 12.5 Å². The standard InChI is InChI=1S/C18H14BrN3O3/c1-12-20-17(22(24)25)18(19,21-12)11-16(23)15-9-7-14(8-10-15)13-5-3-2-4-6-13/h2-10H,11H2,1H3. The Morgan fingerprint density at radius 1 is 1.12 bits per heavy atom. The smallest absolute Gasteiger partial charge is 0.358 e. The van der Waals surface area contributed by atoms with E-state index in [1.165, 1.54) is 0 Å². The van der Waals surface area contributed by atoms with E-state index >= 15 is 0 Å². The zero-order chi connectivity index (χ0) is 18.0. The first kappa shape index (κ1) is 17.2. The molecule has 0 bridgehead atoms. The van der Waals surface area contributed by atoms with Crippen LogP contribution in [0.3, 0.4) is 0 Å². The van der Waals surface area contributed by atoms with Crippen molar-refractivity contribution >= 4 is 33.4 Å². The van der Waals surface area contributed by atoms with Gasteiger partial charge in [-0.1, -0.05) is 54.6 Å². The minimum Gasteiger partial charge on any atom is -0.358 e. The van der Waals surface area contributed by atoms with Crippen LogP contribution in [0.4, 0.5) is 0 Å². The van der Waals surface area contributed by atoms with Crippen LogP contribution in [0.5, 0.6) is 0 Å². The Kier molecular flexibility index (Phi) is 4.59. The molecular weight excluding hydrogens is 386 g/mol. The van der Waals surface area contributed by atoms with Crippen LogP contribution in [-0.4, -0.2) is 26.8 Å². The van der Waals surface area contributed by atoms with Gasteiger partial charge in [0.15, 0.2) is 5.78 Å². The molecule has 126 valence electrons. The Morgan fingerprint density at radius 3 is 2.32 bits per heavy atom. The Bertz CT molecular complexity index is 892. The van der Waals surface area contributed by atoms with E-state index in [9.17, 15) is 14.9 Å². The fourth-order valence-corrected chi connectivity index (χ4v) is 3.41. The van der Waals surface area contributed by atoms with Crippen molar-refractivity contribution in [2.24, 2.45) is 9.98 Å². The molecule has 3 rings (SSSR count). The molecule has 7 heteroatoms. The number of benzene rings is 2. The number of Topliss-reactive ketones (excluding diaryl/α,β-unsaturated/α-hetero) is 1. The van der Waals surface area contributed by atoms with Crippen LogP contribution in [0, 0.1) is 10.1 Å². The van der Waals surface area contributed by atoms with Gasteiger partial charge in [0.1, 0.15) is 0 Å². The maximum Gasteiger partial charge on any atom is 0.380 e. The maximum absolute atomic E-state index is 12.6. The highest BCUT2D eigenvalue weighted by Gasteiger charge is 2.48. The van der Waals surface area contributed by atoms with E-state index in [1.54, 1.807) is 19.1 Å². The van der Waals surface area contributed by atoms with Crippen molar-refractivity contribution in [3.8, 4) is 11.1 Å². The molecule has 1 aliphatic rings. The largest absolute Gasteiger partial charge is 0.380 e. The Labute approximate surface area is 152 Å². The Hall–Kier alpha value is -2.67. The lowest BCUT2D eigenvalue weighted by atomic mass is 9.99. The number of aliphatic imine (C=N–C) groups is 2. The van der Waals surface area contributed by atoms with E-state index in [1.807, 2.05) is 42.5 Å². The summed E-state index contributed by atoms with van der Waals surface area (Å²) in [5.41, 5.74) is 2.52. The summed E-state index contributed by atoms with van der Waals surface area (Å²) < 4.78 is -1.41. The lowest BCUT2D eigenvalue weighted by molar-refractivity contribution is -0.354. The van der Waals surface area contributed by atoms with Crippen molar-refractivity contribution in [2.75, 3.05) is 0 Å². The maximum atomic E-state index is 12.6. The monoisotopic (exact) mass is 399 g/mol. The van der Waals surface area contributed by atoms with E-state index < -0.39 is 9.37 Å². The minimum atomic E-state index is -1.41. The number of alkyl halides is 1. The number of hydrogen-bond donors (Lipinski definition) is 0. The first-order valence-corrected chi connectivity index (χ1v) is 8.36. The van der Waals surface area contributed by atoms with E-state index in [0.29, 0.717) is 5.56 Å². The molecule has 6 nitrogen and oxygen atoms in total. The lowest BCUT2D eigenvalue weighted by Gasteiger charge is -2.15. The Morgan fingerprint density at radius 2 is 1.72 bits per heavy atom. The zero-order valence-corrected chi connectivity index (χ0v) is 14.9. The summed E-state index contributed by atoms with van der Waals surface area (Å²) >= 11 is 3.22. The first-order valence-electron chi connectivity index (χ1n) is 7.57. The van der Waals surface area contributed by atoms with E-state index in [4.69, 9.17) is 0 Å². The van der Waals surface area contributed by atoms with E-state index in [-0.39, 0.29) is 23.9 Å². The summed E-state index contributed by atoms with van der Waals surface area (Å²) in [6.45, 7) is 1.56. The van der Waals surface area contributed by atoms with Crippen molar-refractivity contribution in [1.29, 1.82) is 0 Å². The summed E-state index contributed by atoms with van der Waals surface area (Å²) in [4.78, 5) is 31.0. The second-order valence-corrected chi connectivity index (χ2v) is 6.97. The number of ketones is 1. The van der Waals surface area contributed by atoms with Crippen molar-refractivity contribution in [3.05, 3.63) is 70.3 Å². The number of amidine groups is 2. The fraction of sp³-hybridized carbons (Fsp3) is 0.167. The molecule has 0 amide bonds. The molecule has 0 radical (unpaired) electrons. The van der Waals surface area contributed by atoms with Crippen molar-refractivity contribution < 1.29 is 9.72 Å². The van der Waals surface area contributed by atoms with Gasteiger partial charge in [-0.3, -0.25) is 4.79 Å². The molecule has 2 aromatic carbocycles. The molecule has 1 unspecified atom stereocenters. The molecule has 1 atom stereocenters.